The van der Waals surface area contributed by atoms with Crippen LogP contribution in [-0.4, -0.2) is 35.4 Å². The van der Waals surface area contributed by atoms with Gasteiger partial charge in [0.2, 0.25) is 3.79 Å². The number of hydrogen-bond donors (Lipinski definition) is 2. The average molecular weight is 396 g/mol. The number of alkyl carbamates (subject to hydrolysis) is 1. The summed E-state index contributed by atoms with van der Waals surface area (Å²) in [5.41, 5.74) is 2.97. The first-order chi connectivity index (χ1) is 11.3. The number of carbonyl (C=O) groups excluding carboxylic acids is 1. The number of amides is 1. The Kier molecular flexibility index (Phi) is 6.87. The van der Waals surface area contributed by atoms with Crippen molar-refractivity contribution >= 4 is 46.6 Å². The van der Waals surface area contributed by atoms with Crippen molar-refractivity contribution < 1.29 is 14.3 Å². The third kappa shape index (κ3) is 5.88. The number of nitrogens with one attached hydrogen (secondary N) is 2. The highest BCUT2D eigenvalue weighted by Crippen LogP contribution is 2.31. The van der Waals surface area contributed by atoms with Gasteiger partial charge < -0.3 is 14.8 Å². The summed E-state index contributed by atoms with van der Waals surface area (Å²) in [7, 11) is 0. The van der Waals surface area contributed by atoms with Crippen molar-refractivity contribution in [2.24, 2.45) is 0 Å². The SMILES string of the molecule is Cc1ccc(N[C@@H](NC(=O)OC[C@H]2CCCO2)C(Cl)(Cl)Cl)cc1C. The number of aryl methyl sites for hydroxylation is 2. The monoisotopic (exact) mass is 394 g/mol. The smallest absolute Gasteiger partial charge is 0.408 e. The lowest BCUT2D eigenvalue weighted by molar-refractivity contribution is 0.0432. The Morgan fingerprint density at radius 3 is 2.71 bits per heavy atom. The van der Waals surface area contributed by atoms with Gasteiger partial charge in [0.1, 0.15) is 12.8 Å². The molecule has 1 amide bonds. The third-order valence-corrected chi connectivity index (χ3v) is 4.49. The van der Waals surface area contributed by atoms with Gasteiger partial charge >= 0.3 is 6.09 Å². The van der Waals surface area contributed by atoms with Crippen LogP contribution in [0, 0.1) is 13.8 Å². The minimum Gasteiger partial charge on any atom is -0.447 e. The molecule has 1 heterocycles. The summed E-state index contributed by atoms with van der Waals surface area (Å²) in [6.45, 7) is 4.86. The molecule has 0 aromatic heterocycles. The first kappa shape index (κ1) is 19.4. The molecule has 2 N–H and O–H groups in total. The van der Waals surface area contributed by atoms with Gasteiger partial charge in [0.25, 0.3) is 0 Å². The van der Waals surface area contributed by atoms with E-state index in [2.05, 4.69) is 10.6 Å². The maximum absolute atomic E-state index is 12.0. The zero-order valence-corrected chi connectivity index (χ0v) is 15.8. The fourth-order valence-corrected chi connectivity index (χ4v) is 2.63. The number of halogens is 3. The van der Waals surface area contributed by atoms with Crippen LogP contribution in [0.2, 0.25) is 0 Å². The molecule has 0 spiro atoms. The minimum atomic E-state index is -1.75. The molecule has 0 aliphatic carbocycles. The van der Waals surface area contributed by atoms with Gasteiger partial charge in [-0.25, -0.2) is 4.79 Å². The molecule has 1 aromatic carbocycles. The second-order valence-electron chi connectivity index (χ2n) is 5.80. The molecule has 8 heteroatoms. The molecular weight excluding hydrogens is 375 g/mol. The Balaban J connectivity index is 1.94. The van der Waals surface area contributed by atoms with Crippen LogP contribution in [-0.2, 0) is 9.47 Å². The van der Waals surface area contributed by atoms with Gasteiger partial charge in [-0.05, 0) is 49.9 Å². The molecule has 1 aliphatic heterocycles. The lowest BCUT2D eigenvalue weighted by Crippen LogP contribution is -2.49. The zero-order chi connectivity index (χ0) is 17.7. The normalized spacial score (nSPS) is 19.0. The largest absolute Gasteiger partial charge is 0.447 e. The summed E-state index contributed by atoms with van der Waals surface area (Å²) in [5, 5.41) is 5.55. The standard InChI is InChI=1S/C16H21Cl3N2O3/c1-10-5-6-12(8-11(10)2)20-14(16(17,18)19)21-15(22)24-9-13-4-3-7-23-13/h5-6,8,13-14,20H,3-4,7,9H2,1-2H3,(H,21,22)/t13-,14+/m1/s1. The van der Waals surface area contributed by atoms with E-state index in [9.17, 15) is 4.79 Å². The predicted octanol–water partition coefficient (Wildman–Crippen LogP) is 4.32. The van der Waals surface area contributed by atoms with E-state index < -0.39 is 16.1 Å². The molecule has 0 bridgehead atoms. The van der Waals surface area contributed by atoms with Crippen LogP contribution in [0.25, 0.3) is 0 Å². The molecule has 0 radical (unpaired) electrons. The van der Waals surface area contributed by atoms with E-state index in [0.29, 0.717) is 6.61 Å². The van der Waals surface area contributed by atoms with Crippen LogP contribution in [0.3, 0.4) is 0 Å². The molecular formula is C16H21Cl3N2O3. The number of carbonyl (C=O) groups is 1. The number of alkyl halides is 3. The highest BCUT2D eigenvalue weighted by molar-refractivity contribution is 6.68. The van der Waals surface area contributed by atoms with E-state index in [1.165, 1.54) is 0 Å². The lowest BCUT2D eigenvalue weighted by atomic mass is 10.1. The van der Waals surface area contributed by atoms with Gasteiger partial charge in [0, 0.05) is 12.3 Å². The second kappa shape index (κ2) is 8.48. The van der Waals surface area contributed by atoms with Crippen LogP contribution in [0.15, 0.2) is 18.2 Å². The number of rotatable bonds is 5. The van der Waals surface area contributed by atoms with Crippen LogP contribution in [0.4, 0.5) is 10.5 Å². The highest BCUT2D eigenvalue weighted by atomic mass is 35.6. The minimum absolute atomic E-state index is 0.0605. The van der Waals surface area contributed by atoms with Crippen LogP contribution < -0.4 is 10.6 Å². The van der Waals surface area contributed by atoms with Crippen molar-refractivity contribution in [3.05, 3.63) is 29.3 Å². The zero-order valence-electron chi connectivity index (χ0n) is 13.6. The van der Waals surface area contributed by atoms with E-state index in [1.807, 2.05) is 32.0 Å². The number of hydrogen-bond acceptors (Lipinski definition) is 4. The quantitative estimate of drug-likeness (QED) is 0.576. The molecule has 0 unspecified atom stereocenters. The van der Waals surface area contributed by atoms with Crippen molar-refractivity contribution in [1.82, 2.24) is 5.32 Å². The summed E-state index contributed by atoms with van der Waals surface area (Å²) in [6.07, 6.45) is 0.178. The van der Waals surface area contributed by atoms with Crippen molar-refractivity contribution in [3.63, 3.8) is 0 Å². The van der Waals surface area contributed by atoms with Gasteiger partial charge in [-0.15, -0.1) is 0 Å². The first-order valence-corrected chi connectivity index (χ1v) is 8.84. The molecule has 2 rings (SSSR count). The summed E-state index contributed by atoms with van der Waals surface area (Å²) in [5.74, 6) is 0. The van der Waals surface area contributed by atoms with E-state index in [1.54, 1.807) is 0 Å². The maximum Gasteiger partial charge on any atom is 0.408 e. The fourth-order valence-electron chi connectivity index (χ4n) is 2.30. The Morgan fingerprint density at radius 2 is 2.12 bits per heavy atom. The summed E-state index contributed by atoms with van der Waals surface area (Å²) >= 11 is 17.9. The fraction of sp³-hybridized carbons (Fsp3) is 0.562. The summed E-state index contributed by atoms with van der Waals surface area (Å²) < 4.78 is 8.79. The Hall–Kier alpha value is -0.880. The van der Waals surface area contributed by atoms with E-state index in [4.69, 9.17) is 44.3 Å². The topological polar surface area (TPSA) is 59.6 Å². The molecule has 1 fully saturated rings. The lowest BCUT2D eigenvalue weighted by Gasteiger charge is -2.27. The molecule has 2 atom stereocenters. The van der Waals surface area contributed by atoms with Gasteiger partial charge in [-0.2, -0.15) is 0 Å². The molecule has 0 saturated carbocycles. The molecule has 134 valence electrons. The number of ether oxygens (including phenoxy) is 2. The average Bonchev–Trinajstić information content (AvgIpc) is 3.00. The van der Waals surface area contributed by atoms with Gasteiger partial charge in [0.15, 0.2) is 0 Å². The van der Waals surface area contributed by atoms with Gasteiger partial charge in [-0.3, -0.25) is 5.32 Å². The van der Waals surface area contributed by atoms with Crippen molar-refractivity contribution in [2.45, 2.75) is 42.8 Å². The molecule has 1 saturated heterocycles. The van der Waals surface area contributed by atoms with Crippen LogP contribution in [0.5, 0.6) is 0 Å². The molecule has 1 aromatic rings. The Labute approximate surface area is 156 Å². The van der Waals surface area contributed by atoms with E-state index in [-0.39, 0.29) is 12.7 Å². The van der Waals surface area contributed by atoms with Crippen molar-refractivity contribution in [2.75, 3.05) is 18.5 Å². The first-order valence-electron chi connectivity index (χ1n) is 7.71. The van der Waals surface area contributed by atoms with E-state index in [0.717, 1.165) is 29.7 Å². The molecule has 24 heavy (non-hydrogen) atoms. The predicted molar refractivity (Wildman–Crippen MR) is 97.1 cm³/mol. The summed E-state index contributed by atoms with van der Waals surface area (Å²) in [6, 6.07) is 5.71. The van der Waals surface area contributed by atoms with Crippen LogP contribution >= 0.6 is 34.8 Å². The van der Waals surface area contributed by atoms with Gasteiger partial charge in [-0.1, -0.05) is 40.9 Å². The second-order valence-corrected chi connectivity index (χ2v) is 8.16. The molecule has 5 nitrogen and oxygen atoms in total. The van der Waals surface area contributed by atoms with Crippen molar-refractivity contribution in [1.29, 1.82) is 0 Å². The Morgan fingerprint density at radius 1 is 1.38 bits per heavy atom. The Bertz CT molecular complexity index is 572. The van der Waals surface area contributed by atoms with Crippen LogP contribution in [0.1, 0.15) is 24.0 Å². The van der Waals surface area contributed by atoms with Gasteiger partial charge in [0.05, 0.1) is 6.10 Å². The van der Waals surface area contributed by atoms with E-state index >= 15 is 0 Å². The number of benzene rings is 1. The third-order valence-electron chi connectivity index (χ3n) is 3.83. The molecule has 1 aliphatic rings. The van der Waals surface area contributed by atoms with Crippen molar-refractivity contribution in [3.8, 4) is 0 Å². The maximum atomic E-state index is 12.0. The summed E-state index contributed by atoms with van der Waals surface area (Å²) in [4.78, 5) is 12.0. The number of anilines is 1. The highest BCUT2D eigenvalue weighted by Gasteiger charge is 2.34.